The first-order valence-electron chi connectivity index (χ1n) is 6.51. The number of nitrogen functional groups attached to an aromatic ring is 1. The molecule has 2 rings (SSSR count). The third-order valence-electron chi connectivity index (χ3n) is 3.09. The Morgan fingerprint density at radius 3 is 2.56 bits per heavy atom. The Hall–Kier alpha value is -1.76. The summed E-state index contributed by atoms with van der Waals surface area (Å²) < 4.78 is 0. The van der Waals surface area contributed by atoms with Crippen molar-refractivity contribution in [2.45, 2.75) is 27.2 Å². The number of anilines is 1. The molecule has 0 amide bonds. The zero-order valence-electron chi connectivity index (χ0n) is 11.4. The van der Waals surface area contributed by atoms with Gasteiger partial charge in [-0.2, -0.15) is 0 Å². The van der Waals surface area contributed by atoms with Crippen LogP contribution in [0.15, 0.2) is 42.5 Å². The summed E-state index contributed by atoms with van der Waals surface area (Å²) >= 11 is 0. The number of hydrogen-bond acceptors (Lipinski definition) is 1. The molecule has 0 aliphatic carbocycles. The highest BCUT2D eigenvalue weighted by Crippen LogP contribution is 2.28. The van der Waals surface area contributed by atoms with Crippen LogP contribution in [0.3, 0.4) is 0 Å². The third kappa shape index (κ3) is 2.92. The molecule has 1 nitrogen and oxygen atoms in total. The molecule has 2 aromatic carbocycles. The van der Waals surface area contributed by atoms with Gasteiger partial charge in [-0.3, -0.25) is 0 Å². The van der Waals surface area contributed by atoms with Gasteiger partial charge in [0.2, 0.25) is 0 Å². The summed E-state index contributed by atoms with van der Waals surface area (Å²) in [7, 11) is 0. The fourth-order valence-corrected chi connectivity index (χ4v) is 2.26. The van der Waals surface area contributed by atoms with Crippen LogP contribution in [0.25, 0.3) is 11.1 Å². The number of hydrogen-bond donors (Lipinski definition) is 1. The van der Waals surface area contributed by atoms with Crippen molar-refractivity contribution in [3.8, 4) is 11.1 Å². The molecular weight excluding hydrogens is 218 g/mol. The van der Waals surface area contributed by atoms with Gasteiger partial charge in [0.15, 0.2) is 0 Å². The molecule has 0 radical (unpaired) electrons. The van der Waals surface area contributed by atoms with Crippen molar-refractivity contribution in [3.05, 3.63) is 53.6 Å². The highest BCUT2D eigenvalue weighted by molar-refractivity contribution is 5.77. The molecule has 0 spiro atoms. The number of rotatable bonds is 3. The van der Waals surface area contributed by atoms with Crippen LogP contribution in [-0.2, 0) is 6.42 Å². The van der Waals surface area contributed by atoms with Crippen LogP contribution in [-0.4, -0.2) is 0 Å². The first kappa shape index (κ1) is 12.7. The van der Waals surface area contributed by atoms with Gasteiger partial charge < -0.3 is 5.73 Å². The summed E-state index contributed by atoms with van der Waals surface area (Å²) in [5.74, 6) is 0.676. The lowest BCUT2D eigenvalue weighted by atomic mass is 9.96. The topological polar surface area (TPSA) is 26.0 Å². The van der Waals surface area contributed by atoms with E-state index in [0.717, 1.165) is 17.7 Å². The van der Waals surface area contributed by atoms with E-state index in [4.69, 9.17) is 5.73 Å². The van der Waals surface area contributed by atoms with Crippen LogP contribution < -0.4 is 5.73 Å². The fraction of sp³-hybridized carbons (Fsp3) is 0.294. The van der Waals surface area contributed by atoms with Crippen molar-refractivity contribution in [2.75, 3.05) is 5.73 Å². The monoisotopic (exact) mass is 239 g/mol. The Morgan fingerprint density at radius 1 is 1.06 bits per heavy atom. The number of benzene rings is 2. The second-order valence-corrected chi connectivity index (χ2v) is 5.39. The van der Waals surface area contributed by atoms with Crippen molar-refractivity contribution in [1.29, 1.82) is 0 Å². The number of nitrogens with two attached hydrogens (primary N) is 1. The quantitative estimate of drug-likeness (QED) is 0.787. The highest BCUT2D eigenvalue weighted by atomic mass is 14.6. The maximum atomic E-state index is 6.07. The van der Waals surface area contributed by atoms with E-state index in [1.807, 2.05) is 6.07 Å². The minimum absolute atomic E-state index is 0.676. The van der Waals surface area contributed by atoms with Crippen molar-refractivity contribution in [2.24, 2.45) is 5.92 Å². The van der Waals surface area contributed by atoms with Crippen LogP contribution in [0.1, 0.15) is 25.0 Å². The molecule has 2 N–H and O–H groups in total. The summed E-state index contributed by atoms with van der Waals surface area (Å²) in [6, 6.07) is 14.9. The van der Waals surface area contributed by atoms with Gasteiger partial charge in [0.25, 0.3) is 0 Å². The van der Waals surface area contributed by atoms with Crippen LogP contribution in [0, 0.1) is 12.8 Å². The molecule has 0 aromatic heterocycles. The van der Waals surface area contributed by atoms with Gasteiger partial charge in [-0.25, -0.2) is 0 Å². The lowest BCUT2D eigenvalue weighted by Crippen LogP contribution is -1.95. The van der Waals surface area contributed by atoms with E-state index in [9.17, 15) is 0 Å². The molecule has 0 bridgehead atoms. The molecule has 0 heterocycles. The molecule has 2 aromatic rings. The lowest BCUT2D eigenvalue weighted by molar-refractivity contribution is 0.647. The van der Waals surface area contributed by atoms with E-state index in [0.29, 0.717) is 5.92 Å². The zero-order valence-corrected chi connectivity index (χ0v) is 11.4. The first-order chi connectivity index (χ1) is 8.56. The van der Waals surface area contributed by atoms with E-state index in [-0.39, 0.29) is 0 Å². The van der Waals surface area contributed by atoms with Crippen LogP contribution in [0.5, 0.6) is 0 Å². The van der Waals surface area contributed by atoms with E-state index in [1.54, 1.807) is 0 Å². The average molecular weight is 239 g/mol. The maximum absolute atomic E-state index is 6.07. The highest BCUT2D eigenvalue weighted by Gasteiger charge is 2.05. The molecule has 18 heavy (non-hydrogen) atoms. The Balaban J connectivity index is 2.41. The fourth-order valence-electron chi connectivity index (χ4n) is 2.26. The van der Waals surface area contributed by atoms with Gasteiger partial charge in [-0.15, -0.1) is 0 Å². The Bertz CT molecular complexity index is 541. The molecule has 1 heteroatoms. The predicted octanol–water partition coefficient (Wildman–Crippen LogP) is 4.44. The Labute approximate surface area is 110 Å². The summed E-state index contributed by atoms with van der Waals surface area (Å²) in [6.45, 7) is 6.59. The molecule has 0 aliphatic rings. The molecule has 0 unspecified atom stereocenters. The normalized spacial score (nSPS) is 10.9. The van der Waals surface area contributed by atoms with E-state index >= 15 is 0 Å². The lowest BCUT2D eigenvalue weighted by Gasteiger charge is -2.10. The zero-order chi connectivity index (χ0) is 13.1. The van der Waals surface area contributed by atoms with Crippen LogP contribution >= 0.6 is 0 Å². The van der Waals surface area contributed by atoms with Gasteiger partial charge in [0, 0.05) is 11.3 Å². The van der Waals surface area contributed by atoms with Gasteiger partial charge in [-0.1, -0.05) is 49.7 Å². The standard InChI is InChI=1S/C17H21N/c1-12(2)9-14-5-4-6-15(11-14)16-10-13(3)7-8-17(16)18/h4-8,10-12H,9,18H2,1-3H3. The van der Waals surface area contributed by atoms with E-state index in [2.05, 4.69) is 57.2 Å². The van der Waals surface area contributed by atoms with Crippen LogP contribution in [0.2, 0.25) is 0 Å². The average Bonchev–Trinajstić information content (AvgIpc) is 2.32. The third-order valence-corrected chi connectivity index (χ3v) is 3.09. The van der Waals surface area contributed by atoms with E-state index in [1.165, 1.54) is 16.7 Å². The van der Waals surface area contributed by atoms with Crippen molar-refractivity contribution in [1.82, 2.24) is 0 Å². The molecule has 94 valence electrons. The van der Waals surface area contributed by atoms with Gasteiger partial charge in [-0.05, 0) is 42.5 Å². The Kier molecular flexibility index (Phi) is 3.71. The second kappa shape index (κ2) is 5.26. The molecule has 0 fully saturated rings. The minimum Gasteiger partial charge on any atom is -0.398 e. The van der Waals surface area contributed by atoms with Gasteiger partial charge >= 0.3 is 0 Å². The first-order valence-corrected chi connectivity index (χ1v) is 6.51. The largest absolute Gasteiger partial charge is 0.398 e. The van der Waals surface area contributed by atoms with E-state index < -0.39 is 0 Å². The molecular formula is C17H21N. The predicted molar refractivity (Wildman–Crippen MR) is 79.6 cm³/mol. The van der Waals surface area contributed by atoms with Crippen LogP contribution in [0.4, 0.5) is 5.69 Å². The summed E-state index contributed by atoms with van der Waals surface area (Å²) in [6.07, 6.45) is 1.11. The van der Waals surface area contributed by atoms with Crippen molar-refractivity contribution < 1.29 is 0 Å². The molecule has 0 saturated carbocycles. The van der Waals surface area contributed by atoms with Gasteiger partial charge in [0.05, 0.1) is 0 Å². The minimum atomic E-state index is 0.676. The molecule has 0 saturated heterocycles. The van der Waals surface area contributed by atoms with Gasteiger partial charge in [0.1, 0.15) is 0 Å². The summed E-state index contributed by atoms with van der Waals surface area (Å²) in [5, 5.41) is 0. The van der Waals surface area contributed by atoms with Crippen molar-refractivity contribution in [3.63, 3.8) is 0 Å². The number of aryl methyl sites for hydroxylation is 1. The molecule has 0 aliphatic heterocycles. The second-order valence-electron chi connectivity index (χ2n) is 5.39. The van der Waals surface area contributed by atoms with Crippen molar-refractivity contribution >= 4 is 5.69 Å². The maximum Gasteiger partial charge on any atom is 0.0393 e. The summed E-state index contributed by atoms with van der Waals surface area (Å²) in [5.41, 5.74) is 11.9. The SMILES string of the molecule is Cc1ccc(N)c(-c2cccc(CC(C)C)c2)c1. The smallest absolute Gasteiger partial charge is 0.0393 e. The molecule has 0 atom stereocenters. The summed E-state index contributed by atoms with van der Waals surface area (Å²) in [4.78, 5) is 0. The Morgan fingerprint density at radius 2 is 1.83 bits per heavy atom.